The molecular formula is C14H19N3OS. The molecule has 0 aliphatic rings. The highest BCUT2D eigenvalue weighted by Gasteiger charge is 2.13. The number of carbonyl (C=O) groups is 1. The molecule has 0 heterocycles. The van der Waals surface area contributed by atoms with Crippen LogP contribution < -0.4 is 10.2 Å². The molecule has 0 aliphatic carbocycles. The van der Waals surface area contributed by atoms with Crippen LogP contribution in [0.5, 0.6) is 0 Å². The molecular weight excluding hydrogens is 258 g/mol. The highest BCUT2D eigenvalue weighted by Crippen LogP contribution is 2.29. The molecule has 1 N–H and O–H groups in total. The molecule has 19 heavy (non-hydrogen) atoms. The average Bonchev–Trinajstić information content (AvgIpc) is 2.39. The second kappa shape index (κ2) is 7.70. The Labute approximate surface area is 118 Å². The van der Waals surface area contributed by atoms with Crippen LogP contribution in [0.25, 0.3) is 0 Å². The number of anilines is 1. The summed E-state index contributed by atoms with van der Waals surface area (Å²) in [5.41, 5.74) is 1.44. The summed E-state index contributed by atoms with van der Waals surface area (Å²) < 4.78 is 0. The Morgan fingerprint density at radius 2 is 2.21 bits per heavy atom. The Bertz CT molecular complexity index is 482. The zero-order valence-electron chi connectivity index (χ0n) is 11.6. The molecule has 0 atom stereocenters. The van der Waals surface area contributed by atoms with E-state index in [1.807, 2.05) is 37.1 Å². The van der Waals surface area contributed by atoms with E-state index in [-0.39, 0.29) is 12.5 Å². The quantitative estimate of drug-likeness (QED) is 0.810. The van der Waals surface area contributed by atoms with E-state index in [0.29, 0.717) is 12.1 Å². The lowest BCUT2D eigenvalue weighted by Crippen LogP contribution is -2.35. The molecule has 0 fully saturated rings. The lowest BCUT2D eigenvalue weighted by Gasteiger charge is -2.21. The van der Waals surface area contributed by atoms with Crippen molar-refractivity contribution in [1.82, 2.24) is 5.32 Å². The minimum Gasteiger partial charge on any atom is -0.364 e. The Balaban J connectivity index is 2.96. The summed E-state index contributed by atoms with van der Waals surface area (Å²) >= 11 is 1.64. The maximum Gasteiger partial charge on any atom is 0.239 e. The molecule has 0 bridgehead atoms. The van der Waals surface area contributed by atoms with Gasteiger partial charge in [0.05, 0.1) is 17.8 Å². The van der Waals surface area contributed by atoms with Gasteiger partial charge >= 0.3 is 0 Å². The molecule has 1 amide bonds. The Morgan fingerprint density at radius 1 is 1.47 bits per heavy atom. The van der Waals surface area contributed by atoms with E-state index in [2.05, 4.69) is 18.3 Å². The van der Waals surface area contributed by atoms with E-state index in [9.17, 15) is 10.1 Å². The van der Waals surface area contributed by atoms with E-state index >= 15 is 0 Å². The largest absolute Gasteiger partial charge is 0.364 e. The maximum atomic E-state index is 11.6. The Morgan fingerprint density at radius 3 is 2.79 bits per heavy atom. The fourth-order valence-corrected chi connectivity index (χ4v) is 2.56. The first kappa shape index (κ1) is 15.4. The van der Waals surface area contributed by atoms with Crippen molar-refractivity contribution in [3.8, 4) is 6.07 Å². The van der Waals surface area contributed by atoms with Gasteiger partial charge in [-0.15, -0.1) is 11.8 Å². The molecule has 1 aromatic rings. The number of amides is 1. The zero-order chi connectivity index (χ0) is 14.3. The SMILES string of the molecule is CCNC(=O)CN(C)c1cccc(SCC)c1C#N. The van der Waals surface area contributed by atoms with Gasteiger partial charge in [0, 0.05) is 18.5 Å². The summed E-state index contributed by atoms with van der Waals surface area (Å²) in [5.74, 6) is 0.875. The van der Waals surface area contributed by atoms with Crippen molar-refractivity contribution in [3.05, 3.63) is 23.8 Å². The molecule has 0 spiro atoms. The van der Waals surface area contributed by atoms with Gasteiger partial charge in [0.1, 0.15) is 6.07 Å². The molecule has 1 rings (SSSR count). The van der Waals surface area contributed by atoms with Crippen LogP contribution in [0.1, 0.15) is 19.4 Å². The van der Waals surface area contributed by atoms with Crippen LogP contribution in [0.2, 0.25) is 0 Å². The third-order valence-electron chi connectivity index (χ3n) is 2.58. The first-order valence-corrected chi connectivity index (χ1v) is 7.26. The van der Waals surface area contributed by atoms with Crippen molar-refractivity contribution in [1.29, 1.82) is 5.26 Å². The van der Waals surface area contributed by atoms with E-state index in [4.69, 9.17) is 0 Å². The smallest absolute Gasteiger partial charge is 0.239 e. The third-order valence-corrected chi connectivity index (χ3v) is 3.52. The number of hydrogen-bond acceptors (Lipinski definition) is 4. The van der Waals surface area contributed by atoms with Gasteiger partial charge in [0.25, 0.3) is 0 Å². The topological polar surface area (TPSA) is 56.1 Å². The maximum absolute atomic E-state index is 11.6. The van der Waals surface area contributed by atoms with Gasteiger partial charge < -0.3 is 10.2 Å². The number of nitriles is 1. The number of benzene rings is 1. The summed E-state index contributed by atoms with van der Waals surface area (Å²) in [6.07, 6.45) is 0. The molecule has 4 nitrogen and oxygen atoms in total. The minimum absolute atomic E-state index is 0.0394. The van der Waals surface area contributed by atoms with Gasteiger partial charge in [-0.25, -0.2) is 0 Å². The Kier molecular flexibility index (Phi) is 6.23. The van der Waals surface area contributed by atoms with E-state index in [0.717, 1.165) is 16.3 Å². The molecule has 0 radical (unpaired) electrons. The average molecular weight is 277 g/mol. The second-order valence-electron chi connectivity index (χ2n) is 4.00. The minimum atomic E-state index is -0.0394. The second-order valence-corrected chi connectivity index (χ2v) is 5.31. The van der Waals surface area contributed by atoms with Crippen molar-refractivity contribution < 1.29 is 4.79 Å². The van der Waals surface area contributed by atoms with E-state index in [1.165, 1.54) is 0 Å². The summed E-state index contributed by atoms with van der Waals surface area (Å²) in [4.78, 5) is 14.4. The highest BCUT2D eigenvalue weighted by molar-refractivity contribution is 7.99. The molecule has 1 aromatic carbocycles. The fraction of sp³-hybridized carbons (Fsp3) is 0.429. The van der Waals surface area contributed by atoms with Gasteiger partial charge in [-0.2, -0.15) is 5.26 Å². The van der Waals surface area contributed by atoms with Crippen molar-refractivity contribution in [3.63, 3.8) is 0 Å². The first-order chi connectivity index (χ1) is 9.13. The van der Waals surface area contributed by atoms with Gasteiger partial charge in [-0.3, -0.25) is 4.79 Å². The van der Waals surface area contributed by atoms with E-state index in [1.54, 1.807) is 11.8 Å². The van der Waals surface area contributed by atoms with Crippen LogP contribution in [-0.2, 0) is 4.79 Å². The molecule has 5 heteroatoms. The summed E-state index contributed by atoms with van der Waals surface area (Å²) in [6.45, 7) is 4.81. The number of hydrogen-bond donors (Lipinski definition) is 1. The third kappa shape index (κ3) is 4.18. The van der Waals surface area contributed by atoms with Crippen LogP contribution >= 0.6 is 11.8 Å². The molecule has 0 saturated carbocycles. The monoisotopic (exact) mass is 277 g/mol. The number of nitrogens with one attached hydrogen (secondary N) is 1. The number of carbonyl (C=O) groups excluding carboxylic acids is 1. The first-order valence-electron chi connectivity index (χ1n) is 6.27. The lowest BCUT2D eigenvalue weighted by molar-refractivity contribution is -0.119. The molecule has 0 aromatic heterocycles. The zero-order valence-corrected chi connectivity index (χ0v) is 12.4. The summed E-state index contributed by atoms with van der Waals surface area (Å²) in [6, 6.07) is 7.97. The molecule has 0 unspecified atom stereocenters. The highest BCUT2D eigenvalue weighted by atomic mass is 32.2. The Hall–Kier alpha value is -1.67. The fourth-order valence-electron chi connectivity index (χ4n) is 1.78. The van der Waals surface area contributed by atoms with Crippen LogP contribution in [0.4, 0.5) is 5.69 Å². The normalized spacial score (nSPS) is 9.79. The van der Waals surface area contributed by atoms with Gasteiger partial charge in [-0.05, 0) is 24.8 Å². The van der Waals surface area contributed by atoms with Crippen LogP contribution in [0, 0.1) is 11.3 Å². The number of likely N-dealkylation sites (N-methyl/N-ethyl adjacent to an activating group) is 2. The van der Waals surface area contributed by atoms with Crippen molar-refractivity contribution in [2.24, 2.45) is 0 Å². The number of rotatable bonds is 6. The van der Waals surface area contributed by atoms with Crippen molar-refractivity contribution in [2.45, 2.75) is 18.7 Å². The van der Waals surface area contributed by atoms with Crippen molar-refractivity contribution >= 4 is 23.4 Å². The predicted molar refractivity (Wildman–Crippen MR) is 79.5 cm³/mol. The van der Waals surface area contributed by atoms with Gasteiger partial charge in [0.2, 0.25) is 5.91 Å². The van der Waals surface area contributed by atoms with E-state index < -0.39 is 0 Å². The molecule has 102 valence electrons. The lowest BCUT2D eigenvalue weighted by atomic mass is 10.2. The standard InChI is InChI=1S/C14H19N3OS/c1-4-16-14(18)10-17(3)12-7-6-8-13(19-5-2)11(12)9-15/h6-8H,4-5,10H2,1-3H3,(H,16,18). The molecule has 0 aliphatic heterocycles. The van der Waals surface area contributed by atoms with Crippen LogP contribution in [-0.4, -0.2) is 31.8 Å². The molecule has 0 saturated heterocycles. The summed E-state index contributed by atoms with van der Waals surface area (Å²) in [7, 11) is 1.83. The van der Waals surface area contributed by atoms with Gasteiger partial charge in [-0.1, -0.05) is 13.0 Å². The van der Waals surface area contributed by atoms with Crippen LogP contribution in [0.15, 0.2) is 23.1 Å². The number of nitrogens with zero attached hydrogens (tertiary/aromatic N) is 2. The summed E-state index contributed by atoms with van der Waals surface area (Å²) in [5, 5.41) is 12.1. The number of thioether (sulfide) groups is 1. The van der Waals surface area contributed by atoms with Crippen LogP contribution in [0.3, 0.4) is 0 Å². The van der Waals surface area contributed by atoms with Crippen molar-refractivity contribution in [2.75, 3.05) is 30.8 Å². The predicted octanol–water partition coefficient (Wildman–Crippen LogP) is 2.24. The van der Waals surface area contributed by atoms with Gasteiger partial charge in [0.15, 0.2) is 0 Å².